The van der Waals surface area contributed by atoms with Gasteiger partial charge >= 0.3 is 0 Å². The Balaban J connectivity index is 1.97. The number of H-pyrrole nitrogens is 1. The molecule has 0 aromatic carbocycles. The first kappa shape index (κ1) is 13.6. The van der Waals surface area contributed by atoms with E-state index in [-0.39, 0.29) is 0 Å². The van der Waals surface area contributed by atoms with Crippen molar-refractivity contribution in [3.63, 3.8) is 0 Å². The molecule has 2 aromatic rings. The Bertz CT molecular complexity index is 519. The molecule has 2 heterocycles. The summed E-state index contributed by atoms with van der Waals surface area (Å²) in [5.41, 5.74) is 0.754. The summed E-state index contributed by atoms with van der Waals surface area (Å²) in [6, 6.07) is 0. The van der Waals surface area contributed by atoms with E-state index >= 15 is 0 Å². The third-order valence-electron chi connectivity index (χ3n) is 3.03. The van der Waals surface area contributed by atoms with Gasteiger partial charge in [-0.1, -0.05) is 26.7 Å². The maximum absolute atomic E-state index is 4.43. The predicted molar refractivity (Wildman–Crippen MR) is 78.4 cm³/mol. The first-order chi connectivity index (χ1) is 9.20. The van der Waals surface area contributed by atoms with Gasteiger partial charge in [-0.05, 0) is 12.3 Å². The fourth-order valence-corrected chi connectivity index (χ4v) is 1.97. The van der Waals surface area contributed by atoms with Crippen molar-refractivity contribution in [3.8, 4) is 0 Å². The molecule has 0 saturated carbocycles. The van der Waals surface area contributed by atoms with Crippen LogP contribution in [-0.2, 0) is 0 Å². The number of nitrogens with zero attached hydrogens (tertiary/aromatic N) is 3. The number of fused-ring (bicyclic) bond motifs is 1. The second-order valence-electron chi connectivity index (χ2n) is 5.09. The molecule has 0 amide bonds. The summed E-state index contributed by atoms with van der Waals surface area (Å²) in [6.07, 6.45) is 5.42. The van der Waals surface area contributed by atoms with Crippen molar-refractivity contribution in [2.45, 2.75) is 33.1 Å². The van der Waals surface area contributed by atoms with Crippen molar-refractivity contribution in [1.82, 2.24) is 20.2 Å². The predicted octanol–water partition coefficient (Wildman–Crippen LogP) is 2.63. The third-order valence-corrected chi connectivity index (χ3v) is 3.03. The minimum absolute atomic E-state index is 0.599. The first-order valence-corrected chi connectivity index (χ1v) is 6.83. The molecule has 2 rings (SSSR count). The van der Waals surface area contributed by atoms with Crippen LogP contribution in [0.4, 0.5) is 11.8 Å². The van der Waals surface area contributed by atoms with Gasteiger partial charge in [-0.25, -0.2) is 0 Å². The molecule has 0 atom stereocenters. The van der Waals surface area contributed by atoms with Crippen molar-refractivity contribution in [2.75, 3.05) is 24.2 Å². The fourth-order valence-electron chi connectivity index (χ4n) is 1.97. The van der Waals surface area contributed by atoms with E-state index < -0.39 is 0 Å². The van der Waals surface area contributed by atoms with Crippen LogP contribution in [-0.4, -0.2) is 33.8 Å². The maximum Gasteiger partial charge on any atom is 0.226 e. The standard InChI is InChI=1S/C13H22N6/c1-9(2)6-4-5-7-15-11-10-8-16-19-12(10)18-13(14-3)17-11/h8-9H,4-7H2,1-3H3,(H3,14,15,16,17,18,19). The van der Waals surface area contributed by atoms with Crippen molar-refractivity contribution in [3.05, 3.63) is 6.20 Å². The number of nitrogens with one attached hydrogen (secondary N) is 3. The minimum atomic E-state index is 0.599. The van der Waals surface area contributed by atoms with Crippen molar-refractivity contribution >= 4 is 22.8 Å². The summed E-state index contributed by atoms with van der Waals surface area (Å²) in [4.78, 5) is 8.73. The number of aromatic nitrogens is 4. The lowest BCUT2D eigenvalue weighted by Gasteiger charge is -2.08. The Morgan fingerprint density at radius 1 is 1.26 bits per heavy atom. The average Bonchev–Trinajstić information content (AvgIpc) is 2.85. The van der Waals surface area contributed by atoms with Gasteiger partial charge in [0.05, 0.1) is 11.6 Å². The summed E-state index contributed by atoms with van der Waals surface area (Å²) < 4.78 is 0. The van der Waals surface area contributed by atoms with E-state index in [9.17, 15) is 0 Å². The number of unbranched alkanes of at least 4 members (excludes halogenated alkanes) is 1. The van der Waals surface area contributed by atoms with E-state index in [1.54, 1.807) is 6.20 Å². The van der Waals surface area contributed by atoms with Gasteiger partial charge in [0.15, 0.2) is 5.65 Å². The fraction of sp³-hybridized carbons (Fsp3) is 0.615. The molecule has 6 nitrogen and oxygen atoms in total. The zero-order chi connectivity index (χ0) is 13.7. The lowest BCUT2D eigenvalue weighted by molar-refractivity contribution is 0.544. The third kappa shape index (κ3) is 3.56. The molecule has 0 aliphatic carbocycles. The normalized spacial score (nSPS) is 11.2. The average molecular weight is 262 g/mol. The molecule has 19 heavy (non-hydrogen) atoms. The Morgan fingerprint density at radius 2 is 2.11 bits per heavy atom. The van der Waals surface area contributed by atoms with Gasteiger partial charge in [-0.15, -0.1) is 0 Å². The molecule has 0 fully saturated rings. The van der Waals surface area contributed by atoms with Crippen LogP contribution in [0.5, 0.6) is 0 Å². The second-order valence-corrected chi connectivity index (χ2v) is 5.09. The molecule has 2 aromatic heterocycles. The van der Waals surface area contributed by atoms with E-state index in [0.717, 1.165) is 35.7 Å². The zero-order valence-electron chi connectivity index (χ0n) is 11.8. The van der Waals surface area contributed by atoms with Crippen LogP contribution >= 0.6 is 0 Å². The van der Waals surface area contributed by atoms with Crippen LogP contribution < -0.4 is 10.6 Å². The van der Waals surface area contributed by atoms with E-state index in [0.29, 0.717) is 5.95 Å². The van der Waals surface area contributed by atoms with Gasteiger partial charge in [0, 0.05) is 13.6 Å². The highest BCUT2D eigenvalue weighted by Gasteiger charge is 2.08. The largest absolute Gasteiger partial charge is 0.369 e. The van der Waals surface area contributed by atoms with E-state index in [1.165, 1.54) is 12.8 Å². The quantitative estimate of drug-likeness (QED) is 0.668. The highest BCUT2D eigenvalue weighted by atomic mass is 15.2. The molecule has 0 radical (unpaired) electrons. The Hall–Kier alpha value is -1.85. The van der Waals surface area contributed by atoms with Crippen molar-refractivity contribution in [2.24, 2.45) is 5.92 Å². The summed E-state index contributed by atoms with van der Waals surface area (Å²) in [5.74, 6) is 2.21. The van der Waals surface area contributed by atoms with E-state index in [4.69, 9.17) is 0 Å². The zero-order valence-corrected chi connectivity index (χ0v) is 11.8. The number of hydrogen-bond donors (Lipinski definition) is 3. The molecular formula is C13H22N6. The Morgan fingerprint density at radius 3 is 2.84 bits per heavy atom. The summed E-state index contributed by atoms with van der Waals surface area (Å²) in [5, 5.41) is 14.1. The number of aromatic amines is 1. The number of anilines is 2. The van der Waals surface area contributed by atoms with E-state index in [2.05, 4.69) is 44.6 Å². The molecular weight excluding hydrogens is 240 g/mol. The minimum Gasteiger partial charge on any atom is -0.369 e. The van der Waals surface area contributed by atoms with Crippen molar-refractivity contribution in [1.29, 1.82) is 0 Å². The van der Waals surface area contributed by atoms with Crippen LogP contribution in [0.15, 0.2) is 6.20 Å². The Labute approximate surface area is 113 Å². The van der Waals surface area contributed by atoms with E-state index in [1.807, 2.05) is 7.05 Å². The molecule has 0 bridgehead atoms. The maximum atomic E-state index is 4.43. The van der Waals surface area contributed by atoms with Gasteiger partial charge in [0.2, 0.25) is 5.95 Å². The smallest absolute Gasteiger partial charge is 0.226 e. The molecule has 6 heteroatoms. The highest BCUT2D eigenvalue weighted by molar-refractivity contribution is 5.86. The lowest BCUT2D eigenvalue weighted by atomic mass is 10.1. The lowest BCUT2D eigenvalue weighted by Crippen LogP contribution is -2.06. The van der Waals surface area contributed by atoms with Crippen LogP contribution in [0.1, 0.15) is 33.1 Å². The molecule has 104 valence electrons. The number of hydrogen-bond acceptors (Lipinski definition) is 5. The molecule has 0 unspecified atom stereocenters. The second kappa shape index (κ2) is 6.36. The highest BCUT2D eigenvalue weighted by Crippen LogP contribution is 2.19. The molecule has 0 spiro atoms. The van der Waals surface area contributed by atoms with Crippen LogP contribution in [0.3, 0.4) is 0 Å². The summed E-state index contributed by atoms with van der Waals surface area (Å²) in [6.45, 7) is 5.44. The molecule has 0 aliphatic heterocycles. The van der Waals surface area contributed by atoms with Gasteiger partial charge in [-0.3, -0.25) is 5.10 Å². The van der Waals surface area contributed by atoms with Crippen LogP contribution in [0.2, 0.25) is 0 Å². The number of rotatable bonds is 7. The topological polar surface area (TPSA) is 78.5 Å². The van der Waals surface area contributed by atoms with Gasteiger partial charge < -0.3 is 10.6 Å². The van der Waals surface area contributed by atoms with Gasteiger partial charge in [0.25, 0.3) is 0 Å². The van der Waals surface area contributed by atoms with Crippen LogP contribution in [0, 0.1) is 5.92 Å². The molecule has 3 N–H and O–H groups in total. The van der Waals surface area contributed by atoms with Crippen molar-refractivity contribution < 1.29 is 0 Å². The first-order valence-electron chi connectivity index (χ1n) is 6.83. The van der Waals surface area contributed by atoms with Crippen LogP contribution in [0.25, 0.3) is 11.0 Å². The molecule has 0 aliphatic rings. The monoisotopic (exact) mass is 262 g/mol. The summed E-state index contributed by atoms with van der Waals surface area (Å²) in [7, 11) is 1.81. The molecule has 0 saturated heterocycles. The summed E-state index contributed by atoms with van der Waals surface area (Å²) >= 11 is 0. The van der Waals surface area contributed by atoms with Gasteiger partial charge in [-0.2, -0.15) is 15.1 Å². The Kier molecular flexibility index (Phi) is 4.54. The van der Waals surface area contributed by atoms with Gasteiger partial charge in [0.1, 0.15) is 5.82 Å². The SMILES string of the molecule is CNc1nc(NCCCCC(C)C)c2cn[nH]c2n1.